The van der Waals surface area contributed by atoms with Gasteiger partial charge in [0.15, 0.2) is 0 Å². The van der Waals surface area contributed by atoms with Crippen LogP contribution in [0, 0.1) is 0 Å². The van der Waals surface area contributed by atoms with Gasteiger partial charge in [0.25, 0.3) is 0 Å². The van der Waals surface area contributed by atoms with Gasteiger partial charge in [0.05, 0.1) is 0 Å². The highest BCUT2D eigenvalue weighted by Gasteiger charge is 2.38. The number of nitrogens with zero attached hydrogens (tertiary/aromatic N) is 3. The number of nitrogens with one attached hydrogen (secondary N) is 1. The van der Waals surface area contributed by atoms with E-state index in [2.05, 4.69) is 95.5 Å². The Hall–Kier alpha value is -1.88. The first-order valence-corrected chi connectivity index (χ1v) is 12.1. The molecule has 2 saturated heterocycles. The van der Waals surface area contributed by atoms with Gasteiger partial charge in [-0.2, -0.15) is 0 Å². The summed E-state index contributed by atoms with van der Waals surface area (Å²) in [5, 5.41) is 3.87. The lowest BCUT2D eigenvalue weighted by Gasteiger charge is -2.48. The van der Waals surface area contributed by atoms with E-state index in [0.717, 1.165) is 13.0 Å². The third-order valence-electron chi connectivity index (χ3n) is 7.41. The first-order chi connectivity index (χ1) is 15.0. The van der Waals surface area contributed by atoms with E-state index < -0.39 is 0 Å². The summed E-state index contributed by atoms with van der Waals surface area (Å²) in [7, 11) is 2.22. The van der Waals surface area contributed by atoms with Crippen LogP contribution < -0.4 is 5.32 Å². The second kappa shape index (κ2) is 10.2. The first-order valence-electron chi connectivity index (χ1n) is 12.1. The fraction of sp³-hybridized carbons (Fsp3) is 0.556. The third kappa shape index (κ3) is 5.88. The van der Waals surface area contributed by atoms with Gasteiger partial charge in [-0.1, -0.05) is 42.5 Å². The minimum Gasteiger partial charge on any atom is -0.380 e. The smallest absolute Gasteiger partial charge is 0.0440 e. The number of benzene rings is 2. The van der Waals surface area contributed by atoms with Crippen molar-refractivity contribution < 1.29 is 0 Å². The Labute approximate surface area is 189 Å². The van der Waals surface area contributed by atoms with Crippen molar-refractivity contribution >= 4 is 5.69 Å². The second-order valence-corrected chi connectivity index (χ2v) is 9.99. The molecule has 4 heteroatoms. The standard InChI is InChI=1S/C27H40N4/c1-27(2)26(10-7-16-31(27)22-24-8-5-4-6-9-24)28-25-13-11-23(12-14-25)15-17-30-20-18-29(3)19-21-30/h4-6,8-9,11-14,26,28H,7,10,15-22H2,1-3H3/t26-/m0/s1. The molecule has 0 radical (unpaired) electrons. The maximum Gasteiger partial charge on any atom is 0.0440 e. The van der Waals surface area contributed by atoms with Crippen LogP contribution in [0.3, 0.4) is 0 Å². The predicted octanol–water partition coefficient (Wildman–Crippen LogP) is 4.33. The highest BCUT2D eigenvalue weighted by Crippen LogP contribution is 2.32. The molecule has 2 aliphatic heterocycles. The van der Waals surface area contributed by atoms with Gasteiger partial charge in [-0.15, -0.1) is 0 Å². The van der Waals surface area contributed by atoms with Gasteiger partial charge in [0.1, 0.15) is 0 Å². The molecule has 0 amide bonds. The zero-order valence-electron chi connectivity index (χ0n) is 19.7. The molecule has 2 aromatic rings. The highest BCUT2D eigenvalue weighted by molar-refractivity contribution is 5.46. The first kappa shape index (κ1) is 22.3. The quantitative estimate of drug-likeness (QED) is 0.720. The van der Waals surface area contributed by atoms with E-state index in [0.29, 0.717) is 6.04 Å². The van der Waals surface area contributed by atoms with Gasteiger partial charge in [0, 0.05) is 56.5 Å². The van der Waals surface area contributed by atoms with Crippen LogP contribution in [-0.4, -0.2) is 72.6 Å². The van der Waals surface area contributed by atoms with Crippen LogP contribution in [0.5, 0.6) is 0 Å². The molecule has 0 spiro atoms. The average molecular weight is 421 g/mol. The lowest BCUT2D eigenvalue weighted by atomic mass is 9.84. The Morgan fingerprint density at radius 1 is 0.871 bits per heavy atom. The van der Waals surface area contributed by atoms with E-state index in [4.69, 9.17) is 0 Å². The summed E-state index contributed by atoms with van der Waals surface area (Å²) >= 11 is 0. The van der Waals surface area contributed by atoms with Crippen LogP contribution >= 0.6 is 0 Å². The number of piperidine rings is 1. The number of hydrogen-bond acceptors (Lipinski definition) is 4. The fourth-order valence-corrected chi connectivity index (χ4v) is 5.01. The van der Waals surface area contributed by atoms with E-state index in [1.54, 1.807) is 0 Å². The lowest BCUT2D eigenvalue weighted by molar-refractivity contribution is 0.0571. The van der Waals surface area contributed by atoms with E-state index in [9.17, 15) is 0 Å². The summed E-state index contributed by atoms with van der Waals surface area (Å²) in [5.41, 5.74) is 4.22. The molecular weight excluding hydrogens is 380 g/mol. The van der Waals surface area contributed by atoms with Crippen LogP contribution in [0.15, 0.2) is 54.6 Å². The molecule has 0 aliphatic carbocycles. The molecule has 1 N–H and O–H groups in total. The Morgan fingerprint density at radius 2 is 1.58 bits per heavy atom. The molecule has 168 valence electrons. The molecule has 0 saturated carbocycles. The van der Waals surface area contributed by atoms with Crippen LogP contribution in [0.25, 0.3) is 0 Å². The van der Waals surface area contributed by atoms with Crippen LogP contribution in [0.4, 0.5) is 5.69 Å². The van der Waals surface area contributed by atoms with Gasteiger partial charge >= 0.3 is 0 Å². The molecule has 31 heavy (non-hydrogen) atoms. The highest BCUT2D eigenvalue weighted by atomic mass is 15.2. The molecule has 0 bridgehead atoms. The summed E-state index contributed by atoms with van der Waals surface area (Å²) in [6.45, 7) is 13.0. The number of rotatable bonds is 7. The van der Waals surface area contributed by atoms with Crippen LogP contribution in [0.2, 0.25) is 0 Å². The minimum atomic E-state index is 0.119. The van der Waals surface area contributed by atoms with Crippen molar-refractivity contribution in [2.24, 2.45) is 0 Å². The van der Waals surface area contributed by atoms with Crippen molar-refractivity contribution in [3.8, 4) is 0 Å². The van der Waals surface area contributed by atoms with E-state index >= 15 is 0 Å². The normalized spacial score (nSPS) is 23.0. The topological polar surface area (TPSA) is 21.8 Å². The van der Waals surface area contributed by atoms with Gasteiger partial charge in [-0.25, -0.2) is 0 Å². The fourth-order valence-electron chi connectivity index (χ4n) is 5.01. The molecule has 2 fully saturated rings. The van der Waals surface area contributed by atoms with Gasteiger partial charge in [-0.3, -0.25) is 4.90 Å². The molecule has 2 heterocycles. The van der Waals surface area contributed by atoms with Crippen molar-refractivity contribution in [1.29, 1.82) is 0 Å². The molecule has 0 unspecified atom stereocenters. The minimum absolute atomic E-state index is 0.119. The molecule has 4 nitrogen and oxygen atoms in total. The number of anilines is 1. The summed E-state index contributed by atoms with van der Waals surface area (Å²) in [6.07, 6.45) is 3.62. The predicted molar refractivity (Wildman–Crippen MR) is 132 cm³/mol. The zero-order valence-corrected chi connectivity index (χ0v) is 19.7. The zero-order chi connectivity index (χ0) is 21.7. The molecule has 2 aromatic carbocycles. The molecule has 4 rings (SSSR count). The maximum atomic E-state index is 3.87. The molecular formula is C27H40N4. The van der Waals surface area contributed by atoms with E-state index in [1.165, 1.54) is 68.9 Å². The average Bonchev–Trinajstić information content (AvgIpc) is 2.78. The molecule has 2 aliphatic rings. The Bertz CT molecular complexity index is 794. The summed E-state index contributed by atoms with van der Waals surface area (Å²) in [6, 6.07) is 20.5. The largest absolute Gasteiger partial charge is 0.380 e. The van der Waals surface area contributed by atoms with E-state index in [1.807, 2.05) is 0 Å². The summed E-state index contributed by atoms with van der Waals surface area (Å²) in [5.74, 6) is 0. The Balaban J connectivity index is 1.31. The third-order valence-corrected chi connectivity index (χ3v) is 7.41. The maximum absolute atomic E-state index is 3.87. The summed E-state index contributed by atoms with van der Waals surface area (Å²) < 4.78 is 0. The molecule has 1 atom stereocenters. The van der Waals surface area contributed by atoms with Crippen molar-refractivity contribution in [3.05, 3.63) is 65.7 Å². The van der Waals surface area contributed by atoms with Crippen LogP contribution in [-0.2, 0) is 13.0 Å². The lowest BCUT2D eigenvalue weighted by Crippen LogP contribution is -2.58. The van der Waals surface area contributed by atoms with Gasteiger partial charge in [-0.05, 0) is 70.0 Å². The van der Waals surface area contributed by atoms with Crippen molar-refractivity contribution in [2.45, 2.75) is 51.2 Å². The van der Waals surface area contributed by atoms with Crippen molar-refractivity contribution in [2.75, 3.05) is 51.6 Å². The molecule has 0 aromatic heterocycles. The van der Waals surface area contributed by atoms with Crippen molar-refractivity contribution in [3.63, 3.8) is 0 Å². The van der Waals surface area contributed by atoms with Gasteiger partial charge in [0.2, 0.25) is 0 Å². The Kier molecular flexibility index (Phi) is 7.31. The van der Waals surface area contributed by atoms with Crippen LogP contribution in [0.1, 0.15) is 37.8 Å². The monoisotopic (exact) mass is 420 g/mol. The number of hydrogen-bond donors (Lipinski definition) is 1. The SMILES string of the molecule is CN1CCN(CCc2ccc(N[C@H]3CCCN(Cc4ccccc4)C3(C)C)cc2)CC1. The Morgan fingerprint density at radius 3 is 2.29 bits per heavy atom. The van der Waals surface area contributed by atoms with E-state index in [-0.39, 0.29) is 5.54 Å². The number of likely N-dealkylation sites (N-methyl/N-ethyl adjacent to an activating group) is 1. The second-order valence-electron chi connectivity index (χ2n) is 9.99. The number of likely N-dealkylation sites (tertiary alicyclic amines) is 1. The number of piperazine rings is 1. The van der Waals surface area contributed by atoms with Crippen molar-refractivity contribution in [1.82, 2.24) is 14.7 Å². The summed E-state index contributed by atoms with van der Waals surface area (Å²) in [4.78, 5) is 7.66. The van der Waals surface area contributed by atoms with Gasteiger partial charge < -0.3 is 15.1 Å².